The number of nitrogens with one attached hydrogen (secondary N) is 3. The number of fused-ring (bicyclic) bond motifs is 1. The van der Waals surface area contributed by atoms with E-state index in [4.69, 9.17) is 0 Å². The zero-order chi connectivity index (χ0) is 14.1. The van der Waals surface area contributed by atoms with Crippen molar-refractivity contribution >= 4 is 11.0 Å². The van der Waals surface area contributed by atoms with Gasteiger partial charge in [-0.1, -0.05) is 13.0 Å². The molecule has 0 radical (unpaired) electrons. The third-order valence-corrected chi connectivity index (χ3v) is 4.54. The lowest BCUT2D eigenvalue weighted by Gasteiger charge is -2.29. The molecule has 0 saturated heterocycles. The van der Waals surface area contributed by atoms with Gasteiger partial charge < -0.3 is 15.3 Å². The summed E-state index contributed by atoms with van der Waals surface area (Å²) in [4.78, 5) is 16.9. The summed E-state index contributed by atoms with van der Waals surface area (Å²) in [5.74, 6) is 0.879. The second-order valence-electron chi connectivity index (χ2n) is 6.23. The average Bonchev–Trinajstić information content (AvgIpc) is 2.80. The first-order valence-electron chi connectivity index (χ1n) is 7.60. The molecule has 4 nitrogen and oxygen atoms in total. The summed E-state index contributed by atoms with van der Waals surface area (Å²) in [6.45, 7) is 4.54. The molecule has 0 bridgehead atoms. The maximum absolute atomic E-state index is 11.3. The predicted octanol–water partition coefficient (Wildman–Crippen LogP) is 3.09. The predicted molar refractivity (Wildman–Crippen MR) is 81.9 cm³/mol. The fourth-order valence-corrected chi connectivity index (χ4v) is 3.20. The summed E-state index contributed by atoms with van der Waals surface area (Å²) >= 11 is 0. The first kappa shape index (κ1) is 13.4. The molecule has 1 aromatic carbocycles. The van der Waals surface area contributed by atoms with E-state index in [-0.39, 0.29) is 5.69 Å². The Hall–Kier alpha value is -1.55. The molecule has 1 fully saturated rings. The SMILES string of the molecule is CC1CCC(NC(C)c2ccc3[nH]c(=O)[nH]c3c2)CC1. The highest BCUT2D eigenvalue weighted by Gasteiger charge is 2.20. The van der Waals surface area contributed by atoms with Crippen LogP contribution < -0.4 is 11.0 Å². The molecule has 0 aliphatic heterocycles. The van der Waals surface area contributed by atoms with Crippen molar-refractivity contribution in [1.82, 2.24) is 15.3 Å². The van der Waals surface area contributed by atoms with Gasteiger partial charge in [0.1, 0.15) is 0 Å². The normalized spacial score (nSPS) is 24.9. The van der Waals surface area contributed by atoms with Crippen LogP contribution in [0.5, 0.6) is 0 Å². The van der Waals surface area contributed by atoms with Gasteiger partial charge >= 0.3 is 5.69 Å². The fourth-order valence-electron chi connectivity index (χ4n) is 3.20. The Kier molecular flexibility index (Phi) is 3.66. The maximum atomic E-state index is 11.3. The Bertz CT molecular complexity index is 634. The van der Waals surface area contributed by atoms with E-state index in [1.807, 2.05) is 6.07 Å². The van der Waals surface area contributed by atoms with Crippen molar-refractivity contribution < 1.29 is 0 Å². The zero-order valence-electron chi connectivity index (χ0n) is 12.2. The minimum absolute atomic E-state index is 0.140. The van der Waals surface area contributed by atoms with Gasteiger partial charge in [0, 0.05) is 12.1 Å². The van der Waals surface area contributed by atoms with Gasteiger partial charge in [0.05, 0.1) is 11.0 Å². The Morgan fingerprint density at radius 2 is 1.85 bits per heavy atom. The Morgan fingerprint density at radius 1 is 1.15 bits per heavy atom. The number of aromatic amines is 2. The molecule has 1 aromatic heterocycles. The monoisotopic (exact) mass is 273 g/mol. The Balaban J connectivity index is 1.71. The van der Waals surface area contributed by atoms with Crippen molar-refractivity contribution in [1.29, 1.82) is 0 Å². The number of H-pyrrole nitrogens is 2. The summed E-state index contributed by atoms with van der Waals surface area (Å²) in [7, 11) is 0. The lowest BCUT2D eigenvalue weighted by atomic mass is 9.87. The molecule has 3 rings (SSSR count). The van der Waals surface area contributed by atoms with Crippen molar-refractivity contribution in [3.8, 4) is 0 Å². The van der Waals surface area contributed by atoms with E-state index in [0.717, 1.165) is 17.0 Å². The van der Waals surface area contributed by atoms with Crippen molar-refractivity contribution in [2.24, 2.45) is 5.92 Å². The second kappa shape index (κ2) is 5.44. The van der Waals surface area contributed by atoms with E-state index in [1.165, 1.54) is 31.2 Å². The van der Waals surface area contributed by atoms with Crippen LogP contribution >= 0.6 is 0 Å². The third kappa shape index (κ3) is 2.80. The molecule has 0 amide bonds. The lowest BCUT2D eigenvalue weighted by molar-refractivity contribution is 0.292. The summed E-state index contributed by atoms with van der Waals surface area (Å²) in [5.41, 5.74) is 2.85. The van der Waals surface area contributed by atoms with Gasteiger partial charge in [0.15, 0.2) is 0 Å². The van der Waals surface area contributed by atoms with E-state index >= 15 is 0 Å². The van der Waals surface area contributed by atoms with Crippen LogP contribution in [0.15, 0.2) is 23.0 Å². The van der Waals surface area contributed by atoms with Crippen LogP contribution in [0.4, 0.5) is 0 Å². The molecule has 1 saturated carbocycles. The van der Waals surface area contributed by atoms with Crippen molar-refractivity contribution in [3.05, 3.63) is 34.2 Å². The number of hydrogen-bond acceptors (Lipinski definition) is 2. The molecule has 1 aliphatic rings. The van der Waals surface area contributed by atoms with Crippen molar-refractivity contribution in [2.45, 2.75) is 51.6 Å². The third-order valence-electron chi connectivity index (χ3n) is 4.54. The van der Waals surface area contributed by atoms with Gasteiger partial charge in [-0.25, -0.2) is 4.79 Å². The highest BCUT2D eigenvalue weighted by atomic mass is 16.1. The van der Waals surface area contributed by atoms with Crippen LogP contribution in [0.1, 0.15) is 51.1 Å². The van der Waals surface area contributed by atoms with Gasteiger partial charge in [-0.2, -0.15) is 0 Å². The van der Waals surface area contributed by atoms with E-state index in [2.05, 4.69) is 41.3 Å². The topological polar surface area (TPSA) is 60.7 Å². The first-order valence-corrected chi connectivity index (χ1v) is 7.60. The minimum Gasteiger partial charge on any atom is -0.307 e. The number of rotatable bonds is 3. The summed E-state index contributed by atoms with van der Waals surface area (Å²) < 4.78 is 0. The second-order valence-corrected chi connectivity index (χ2v) is 6.23. The van der Waals surface area contributed by atoms with Crippen molar-refractivity contribution in [3.63, 3.8) is 0 Å². The minimum atomic E-state index is -0.140. The molecular formula is C16H23N3O. The number of imidazole rings is 1. The molecule has 1 heterocycles. The van der Waals surface area contributed by atoms with E-state index in [9.17, 15) is 4.79 Å². The van der Waals surface area contributed by atoms with Gasteiger partial charge in [-0.05, 0) is 56.2 Å². The molecule has 4 heteroatoms. The fraction of sp³-hybridized carbons (Fsp3) is 0.562. The summed E-state index contributed by atoms with van der Waals surface area (Å²) in [6, 6.07) is 7.08. The van der Waals surface area contributed by atoms with Crippen LogP contribution in [0.2, 0.25) is 0 Å². The highest BCUT2D eigenvalue weighted by molar-refractivity contribution is 5.75. The number of hydrogen-bond donors (Lipinski definition) is 3. The molecule has 0 spiro atoms. The molecule has 1 aliphatic carbocycles. The summed E-state index contributed by atoms with van der Waals surface area (Å²) in [6.07, 6.45) is 5.20. The van der Waals surface area contributed by atoms with Gasteiger partial charge in [-0.15, -0.1) is 0 Å². The quantitative estimate of drug-likeness (QED) is 0.804. The van der Waals surface area contributed by atoms with Gasteiger partial charge in [-0.3, -0.25) is 0 Å². The average molecular weight is 273 g/mol. The molecular weight excluding hydrogens is 250 g/mol. The molecule has 3 N–H and O–H groups in total. The van der Waals surface area contributed by atoms with Gasteiger partial charge in [0.25, 0.3) is 0 Å². The van der Waals surface area contributed by atoms with Crippen LogP contribution in [0.3, 0.4) is 0 Å². The number of benzene rings is 1. The van der Waals surface area contributed by atoms with Gasteiger partial charge in [0.2, 0.25) is 0 Å². The van der Waals surface area contributed by atoms with Crippen LogP contribution in [0, 0.1) is 5.92 Å². The largest absolute Gasteiger partial charge is 0.323 e. The molecule has 20 heavy (non-hydrogen) atoms. The van der Waals surface area contributed by atoms with E-state index in [0.29, 0.717) is 12.1 Å². The first-order chi connectivity index (χ1) is 9.61. The lowest BCUT2D eigenvalue weighted by Crippen LogP contribution is -2.34. The van der Waals surface area contributed by atoms with E-state index in [1.54, 1.807) is 0 Å². The maximum Gasteiger partial charge on any atom is 0.323 e. The molecule has 2 aromatic rings. The van der Waals surface area contributed by atoms with Crippen molar-refractivity contribution in [2.75, 3.05) is 0 Å². The summed E-state index contributed by atoms with van der Waals surface area (Å²) in [5, 5.41) is 3.72. The van der Waals surface area contributed by atoms with E-state index < -0.39 is 0 Å². The molecule has 1 atom stereocenters. The Morgan fingerprint density at radius 3 is 2.60 bits per heavy atom. The van der Waals surface area contributed by atoms with Crippen LogP contribution in [0.25, 0.3) is 11.0 Å². The zero-order valence-corrected chi connectivity index (χ0v) is 12.2. The molecule has 108 valence electrons. The smallest absolute Gasteiger partial charge is 0.307 e. The van der Waals surface area contributed by atoms with Crippen LogP contribution in [-0.2, 0) is 0 Å². The standard InChI is InChI=1S/C16H23N3O/c1-10-3-6-13(7-4-10)17-11(2)12-5-8-14-15(9-12)19-16(20)18-14/h5,8-11,13,17H,3-4,6-7H2,1-2H3,(H2,18,19,20). The van der Waals surface area contributed by atoms with Crippen LogP contribution in [-0.4, -0.2) is 16.0 Å². The Labute approximate surface area is 119 Å². The molecule has 1 unspecified atom stereocenters. The number of aromatic nitrogens is 2. The highest BCUT2D eigenvalue weighted by Crippen LogP contribution is 2.26.